The first kappa shape index (κ1) is 27.2. The van der Waals surface area contributed by atoms with Gasteiger partial charge in [0.25, 0.3) is 11.5 Å². The summed E-state index contributed by atoms with van der Waals surface area (Å²) < 4.78 is 12.8. The first-order chi connectivity index (χ1) is 19.6. The summed E-state index contributed by atoms with van der Waals surface area (Å²) in [5.41, 5.74) is 2.05. The molecule has 2 aliphatic heterocycles. The van der Waals surface area contributed by atoms with Crippen LogP contribution in [0.2, 0.25) is 0 Å². The lowest BCUT2D eigenvalue weighted by atomic mass is 9.58. The molecule has 3 heterocycles. The third-order valence-corrected chi connectivity index (χ3v) is 9.51. The van der Waals surface area contributed by atoms with Gasteiger partial charge in [-0.05, 0) is 56.5 Å². The van der Waals surface area contributed by atoms with Crippen molar-refractivity contribution in [3.05, 3.63) is 85.7 Å². The summed E-state index contributed by atoms with van der Waals surface area (Å²) in [7, 11) is 3.77. The topological polar surface area (TPSA) is 134 Å². The second-order valence-electron chi connectivity index (χ2n) is 11.4. The number of likely N-dealkylation sites (tertiary alicyclic amines) is 1. The second-order valence-corrected chi connectivity index (χ2v) is 11.4. The van der Waals surface area contributed by atoms with E-state index < -0.39 is 28.4 Å². The summed E-state index contributed by atoms with van der Waals surface area (Å²) in [6.45, 7) is 5.14. The number of methoxy groups -OCH3 is 1. The number of rotatable bonds is 6. The van der Waals surface area contributed by atoms with Gasteiger partial charge in [0.2, 0.25) is 0 Å². The van der Waals surface area contributed by atoms with Crippen LogP contribution in [-0.2, 0) is 21.4 Å². The molecule has 1 amide bonds. The maximum absolute atomic E-state index is 13.5. The molecule has 1 spiro atoms. The Morgan fingerprint density at radius 3 is 2.63 bits per heavy atom. The van der Waals surface area contributed by atoms with Crippen molar-refractivity contribution >= 4 is 11.7 Å². The Labute approximate surface area is 237 Å². The number of hydrogen-bond acceptors (Lipinski definition) is 7. The second kappa shape index (κ2) is 9.81. The molecular formula is C31H34N4O6. The Morgan fingerprint density at radius 2 is 1.93 bits per heavy atom. The predicted molar refractivity (Wildman–Crippen MR) is 153 cm³/mol. The summed E-state index contributed by atoms with van der Waals surface area (Å²) in [5.74, 6) is 0.277. The largest absolute Gasteiger partial charge is 0.480 e. The van der Waals surface area contributed by atoms with Crippen molar-refractivity contribution < 1.29 is 19.1 Å². The molecule has 2 aromatic carbocycles. The van der Waals surface area contributed by atoms with Gasteiger partial charge in [-0.2, -0.15) is 0 Å². The lowest BCUT2D eigenvalue weighted by Crippen LogP contribution is -2.65. The number of ether oxygens (including phenoxy) is 2. The molecule has 214 valence electrons. The number of carbonyl (C=O) groups is 2. The first-order valence-corrected chi connectivity index (χ1v) is 13.9. The Morgan fingerprint density at radius 1 is 1.17 bits per heavy atom. The Hall–Kier alpha value is -4.02. The van der Waals surface area contributed by atoms with Gasteiger partial charge in [0.05, 0.1) is 22.1 Å². The monoisotopic (exact) mass is 558 g/mol. The molecule has 1 saturated heterocycles. The minimum atomic E-state index is -0.695. The summed E-state index contributed by atoms with van der Waals surface area (Å²) in [5, 5.41) is 3.01. The zero-order valence-electron chi connectivity index (χ0n) is 23.6. The molecule has 10 nitrogen and oxygen atoms in total. The molecule has 2 fully saturated rings. The van der Waals surface area contributed by atoms with E-state index >= 15 is 0 Å². The fourth-order valence-electron chi connectivity index (χ4n) is 7.43. The summed E-state index contributed by atoms with van der Waals surface area (Å²) in [6, 6.07) is 11.2. The van der Waals surface area contributed by atoms with Crippen molar-refractivity contribution in [1.82, 2.24) is 20.2 Å². The van der Waals surface area contributed by atoms with Crippen molar-refractivity contribution in [1.29, 1.82) is 0 Å². The first-order valence-electron chi connectivity index (χ1n) is 13.9. The van der Waals surface area contributed by atoms with Crippen LogP contribution >= 0.6 is 0 Å². The van der Waals surface area contributed by atoms with Gasteiger partial charge in [0, 0.05) is 44.4 Å². The number of fused-ring (bicyclic) bond motifs is 1. The lowest BCUT2D eigenvalue weighted by Gasteiger charge is -2.49. The number of hydrogen-bond donors (Lipinski definition) is 3. The number of amides is 1. The molecule has 3 aromatic rings. The van der Waals surface area contributed by atoms with Crippen LogP contribution in [0.4, 0.5) is 0 Å². The van der Waals surface area contributed by atoms with Crippen molar-refractivity contribution in [2.75, 3.05) is 27.2 Å². The third-order valence-electron chi connectivity index (χ3n) is 9.51. The van der Waals surface area contributed by atoms with Crippen molar-refractivity contribution in [3.63, 3.8) is 0 Å². The minimum Gasteiger partial charge on any atom is -0.480 e. The number of likely N-dealkylation sites (N-methyl/N-ethyl adjacent to an activating group) is 1. The molecule has 0 bridgehead atoms. The zero-order chi connectivity index (χ0) is 29.1. The maximum Gasteiger partial charge on any atom is 0.325 e. The van der Waals surface area contributed by atoms with Gasteiger partial charge in [0.15, 0.2) is 11.9 Å². The molecule has 1 aromatic heterocycles. The number of aromatic nitrogens is 2. The van der Waals surface area contributed by atoms with Crippen LogP contribution in [0.3, 0.4) is 0 Å². The molecule has 1 unspecified atom stereocenters. The Kier molecular flexibility index (Phi) is 6.50. The van der Waals surface area contributed by atoms with Crippen molar-refractivity contribution in [2.24, 2.45) is 0 Å². The summed E-state index contributed by atoms with van der Waals surface area (Å²) in [4.78, 5) is 57.1. The Balaban J connectivity index is 1.23. The number of ketones is 1. The summed E-state index contributed by atoms with van der Waals surface area (Å²) >= 11 is 0. The SMILES string of the molecule is CO[C@@]12CCC(=O)[C@@H]3Oc4c(C(=O)NCCc5ccc(-c6c[nH]c(=O)[nH]c6=O)cc5)ccc(C)c4C31CN(C)[C@@H]2C. The fraction of sp³-hybridized carbons (Fsp3) is 0.419. The molecule has 1 aliphatic carbocycles. The van der Waals surface area contributed by atoms with E-state index in [0.29, 0.717) is 54.8 Å². The van der Waals surface area contributed by atoms with Crippen LogP contribution in [0.25, 0.3) is 11.1 Å². The van der Waals surface area contributed by atoms with E-state index in [4.69, 9.17) is 9.47 Å². The standard InChI is InChI=1S/C31H34N4O6/c1-17-5-10-21(25-24(17)30-16-35(3)18(2)31(30,40-4)13-11-23(36)26(30)41-25)27(37)32-14-12-19-6-8-20(9-7-19)22-15-33-29(39)34-28(22)38/h5-10,15,18,26H,11-14,16H2,1-4H3,(H,32,37)(H2,33,34,38,39)/t18-,26+,30?,31-/m1/s1. The van der Waals surface area contributed by atoms with Gasteiger partial charge in [-0.15, -0.1) is 0 Å². The lowest BCUT2D eigenvalue weighted by molar-refractivity contribution is -0.151. The van der Waals surface area contributed by atoms with E-state index in [0.717, 1.165) is 16.7 Å². The molecule has 1 saturated carbocycles. The molecule has 3 N–H and O–H groups in total. The van der Waals surface area contributed by atoms with Crippen LogP contribution < -0.4 is 21.3 Å². The van der Waals surface area contributed by atoms with Gasteiger partial charge in [-0.25, -0.2) is 4.79 Å². The van der Waals surface area contributed by atoms with Crippen LogP contribution in [0.5, 0.6) is 5.75 Å². The number of aryl methyl sites for hydroxylation is 1. The normalized spacial score (nSPS) is 26.7. The average molecular weight is 559 g/mol. The molecule has 6 rings (SSSR count). The number of benzene rings is 2. The minimum absolute atomic E-state index is 0.0504. The molecule has 41 heavy (non-hydrogen) atoms. The van der Waals surface area contributed by atoms with Crippen LogP contribution in [0.1, 0.15) is 46.8 Å². The number of nitrogens with one attached hydrogen (secondary N) is 3. The van der Waals surface area contributed by atoms with E-state index in [2.05, 4.69) is 34.2 Å². The van der Waals surface area contributed by atoms with Gasteiger partial charge < -0.3 is 19.8 Å². The third kappa shape index (κ3) is 3.92. The number of aromatic amines is 2. The van der Waals surface area contributed by atoms with Gasteiger partial charge in [-0.3, -0.25) is 24.3 Å². The molecule has 4 atom stereocenters. The highest BCUT2D eigenvalue weighted by Crippen LogP contribution is 2.61. The highest BCUT2D eigenvalue weighted by molar-refractivity contribution is 5.99. The van der Waals surface area contributed by atoms with Gasteiger partial charge in [0.1, 0.15) is 5.75 Å². The number of Topliss-reactive ketones (excluding diaryl/α,β-unsaturated/α-hetero) is 1. The van der Waals surface area contributed by atoms with E-state index in [1.807, 2.05) is 25.1 Å². The van der Waals surface area contributed by atoms with E-state index in [9.17, 15) is 19.2 Å². The summed E-state index contributed by atoms with van der Waals surface area (Å²) in [6.07, 6.45) is 2.26. The molecule has 3 aliphatic rings. The Bertz CT molecular complexity index is 1660. The molecular weight excluding hydrogens is 524 g/mol. The van der Waals surface area contributed by atoms with Crippen LogP contribution in [0, 0.1) is 6.92 Å². The van der Waals surface area contributed by atoms with E-state index in [-0.39, 0.29) is 17.7 Å². The average Bonchev–Trinajstić information content (AvgIpc) is 3.42. The van der Waals surface area contributed by atoms with Crippen molar-refractivity contribution in [3.8, 4) is 16.9 Å². The number of H-pyrrole nitrogens is 2. The highest BCUT2D eigenvalue weighted by atomic mass is 16.5. The molecule has 0 radical (unpaired) electrons. The quantitative estimate of drug-likeness (QED) is 0.422. The van der Waals surface area contributed by atoms with Crippen molar-refractivity contribution in [2.45, 2.75) is 56.3 Å². The van der Waals surface area contributed by atoms with E-state index in [1.54, 1.807) is 25.3 Å². The predicted octanol–water partition coefficient (Wildman–Crippen LogP) is 2.09. The maximum atomic E-state index is 13.5. The van der Waals surface area contributed by atoms with E-state index in [1.165, 1.54) is 6.20 Å². The highest BCUT2D eigenvalue weighted by Gasteiger charge is 2.73. The van der Waals surface area contributed by atoms with Crippen LogP contribution in [-0.4, -0.2) is 71.6 Å². The molecule has 10 heteroatoms. The number of carbonyl (C=O) groups excluding carboxylic acids is 2. The zero-order valence-corrected chi connectivity index (χ0v) is 23.6. The number of nitrogens with zero attached hydrogens (tertiary/aromatic N) is 1. The van der Waals surface area contributed by atoms with Gasteiger partial charge in [-0.1, -0.05) is 30.3 Å². The van der Waals surface area contributed by atoms with Gasteiger partial charge >= 0.3 is 5.69 Å². The smallest absolute Gasteiger partial charge is 0.325 e. The van der Waals surface area contributed by atoms with Crippen LogP contribution in [0.15, 0.2) is 52.2 Å². The fourth-order valence-corrected chi connectivity index (χ4v) is 7.43.